The van der Waals surface area contributed by atoms with Crippen LogP contribution in [0.2, 0.25) is 0 Å². The van der Waals surface area contributed by atoms with Gasteiger partial charge in [-0.3, -0.25) is 4.55 Å². The van der Waals surface area contributed by atoms with Gasteiger partial charge in [0.15, 0.2) is 0 Å². The van der Waals surface area contributed by atoms with E-state index < -0.39 is 57.1 Å². The van der Waals surface area contributed by atoms with Gasteiger partial charge in [0.1, 0.15) is 0 Å². The summed E-state index contributed by atoms with van der Waals surface area (Å²) in [6, 6.07) is 0. The van der Waals surface area contributed by atoms with Gasteiger partial charge in [-0.2, -0.15) is 83.1 Å². The Bertz CT molecular complexity index is 745. The average molecular weight is 540 g/mol. The molecule has 0 spiro atoms. The molecule has 0 rings (SSSR count). The van der Waals surface area contributed by atoms with E-state index in [1.807, 2.05) is 0 Å². The van der Waals surface area contributed by atoms with Crippen LogP contribution < -0.4 is 51.4 Å². The summed E-state index contributed by atoms with van der Waals surface area (Å²) in [4.78, 5) is 0. The third kappa shape index (κ3) is 4.05. The van der Waals surface area contributed by atoms with E-state index in [-0.39, 0.29) is 52.8 Å². The van der Waals surface area contributed by atoms with Crippen molar-refractivity contribution < 1.29 is 140 Å². The molecular formula is C8H2F17KO3S. The Balaban J connectivity index is -0.00000392. The molecule has 30 heavy (non-hydrogen) atoms. The normalized spacial score (nSPS) is 16.3. The maximum absolute atomic E-state index is 13.0. The number of rotatable bonds is 7. The van der Waals surface area contributed by atoms with Crippen molar-refractivity contribution in [2.45, 2.75) is 47.0 Å². The van der Waals surface area contributed by atoms with Crippen molar-refractivity contribution in [3.8, 4) is 0 Å². The molecule has 22 heteroatoms. The zero-order valence-electron chi connectivity index (χ0n) is 14.1. The molecule has 1 N–H and O–H groups in total. The molecular weight excluding hydrogens is 538 g/mol. The summed E-state index contributed by atoms with van der Waals surface area (Å²) in [5.41, 5.74) is 0. The molecule has 0 unspecified atom stereocenters. The predicted molar refractivity (Wildman–Crippen MR) is 53.3 cm³/mol. The van der Waals surface area contributed by atoms with Crippen LogP contribution in [0.4, 0.5) is 74.6 Å². The first-order chi connectivity index (χ1) is 12.0. The molecule has 0 saturated heterocycles. The first kappa shape index (κ1) is 32.5. The summed E-state index contributed by atoms with van der Waals surface area (Å²) in [6.07, 6.45) is -7.88. The van der Waals surface area contributed by atoms with Crippen LogP contribution in [0.25, 0.3) is 0 Å². The number of hydrogen-bond acceptors (Lipinski definition) is 2. The second-order valence-corrected chi connectivity index (χ2v) is 6.40. The van der Waals surface area contributed by atoms with Gasteiger partial charge in [-0.25, -0.2) is 0 Å². The van der Waals surface area contributed by atoms with E-state index in [4.69, 9.17) is 4.55 Å². The molecule has 0 aliphatic carbocycles. The SMILES string of the molecule is O=S(=O)(O)C(F)(F)C(F)(F)C(F)(F)C(F)(F)C(F)(F)C(F)(F)C(F)(F)C(F)(F)F.[H-].[K+]. The molecule has 0 atom stereocenters. The zero-order chi connectivity index (χ0) is 24.5. The molecule has 178 valence electrons. The molecule has 0 heterocycles. The number of halogens is 17. The van der Waals surface area contributed by atoms with E-state index in [2.05, 4.69) is 0 Å². The monoisotopic (exact) mass is 540 g/mol. The summed E-state index contributed by atoms with van der Waals surface area (Å²) < 4.78 is 242. The fourth-order valence-corrected chi connectivity index (χ4v) is 1.76. The van der Waals surface area contributed by atoms with Crippen LogP contribution in [0.5, 0.6) is 0 Å². The van der Waals surface area contributed by atoms with E-state index >= 15 is 0 Å². The number of alkyl halides is 17. The Hall–Kier alpha value is 0.356. The van der Waals surface area contributed by atoms with Crippen LogP contribution in [-0.2, 0) is 10.1 Å². The average Bonchev–Trinajstić information content (AvgIpc) is 2.43. The molecule has 0 aromatic carbocycles. The second kappa shape index (κ2) is 7.99. The van der Waals surface area contributed by atoms with E-state index in [0.29, 0.717) is 0 Å². The minimum Gasteiger partial charge on any atom is -1.00 e. The topological polar surface area (TPSA) is 54.4 Å². The summed E-state index contributed by atoms with van der Waals surface area (Å²) in [5.74, 6) is -52.0. The molecule has 0 radical (unpaired) electrons. The summed E-state index contributed by atoms with van der Waals surface area (Å²) in [7, 11) is -7.89. The van der Waals surface area contributed by atoms with Gasteiger partial charge in [0.05, 0.1) is 0 Å². The van der Waals surface area contributed by atoms with Gasteiger partial charge >= 0.3 is 108 Å². The number of hydrogen-bond donors (Lipinski definition) is 1. The van der Waals surface area contributed by atoms with Gasteiger partial charge in [0.25, 0.3) is 0 Å². The maximum atomic E-state index is 13.0. The molecule has 0 saturated carbocycles. The van der Waals surface area contributed by atoms with Crippen LogP contribution in [0.1, 0.15) is 1.43 Å². The summed E-state index contributed by atoms with van der Waals surface area (Å²) in [6.45, 7) is 0. The van der Waals surface area contributed by atoms with Crippen LogP contribution in [0.3, 0.4) is 0 Å². The van der Waals surface area contributed by atoms with Gasteiger partial charge in [0, 0.05) is 0 Å². The summed E-state index contributed by atoms with van der Waals surface area (Å²) >= 11 is 0. The third-order valence-electron chi connectivity index (χ3n) is 3.02. The molecule has 0 aromatic rings. The van der Waals surface area contributed by atoms with Gasteiger partial charge in [-0.1, -0.05) is 0 Å². The molecule has 0 aromatic heterocycles. The molecule has 3 nitrogen and oxygen atoms in total. The largest absolute Gasteiger partial charge is 1.00 e. The van der Waals surface area contributed by atoms with Crippen molar-refractivity contribution in [2.75, 3.05) is 0 Å². The van der Waals surface area contributed by atoms with Crippen molar-refractivity contribution in [3.63, 3.8) is 0 Å². The fraction of sp³-hybridized carbons (Fsp3) is 1.00. The third-order valence-corrected chi connectivity index (χ3v) is 3.92. The second-order valence-electron chi connectivity index (χ2n) is 4.94. The maximum Gasteiger partial charge on any atom is 1.00 e. The molecule has 0 amide bonds. The van der Waals surface area contributed by atoms with Crippen LogP contribution >= 0.6 is 0 Å². The minimum absolute atomic E-state index is 0. The van der Waals surface area contributed by atoms with Gasteiger partial charge < -0.3 is 1.43 Å². The van der Waals surface area contributed by atoms with E-state index in [1.54, 1.807) is 0 Å². The van der Waals surface area contributed by atoms with Gasteiger partial charge in [-0.15, -0.1) is 0 Å². The zero-order valence-corrected chi connectivity index (χ0v) is 17.0. The van der Waals surface area contributed by atoms with Crippen LogP contribution in [0.15, 0.2) is 0 Å². The van der Waals surface area contributed by atoms with E-state index in [9.17, 15) is 83.1 Å². The first-order valence-corrected chi connectivity index (χ1v) is 7.12. The quantitative estimate of drug-likeness (QED) is 0.306. The van der Waals surface area contributed by atoms with Crippen molar-refractivity contribution in [1.29, 1.82) is 0 Å². The van der Waals surface area contributed by atoms with E-state index in [1.165, 1.54) is 0 Å². The Morgan fingerprint density at radius 1 is 0.467 bits per heavy atom. The molecule has 0 bridgehead atoms. The predicted octanol–water partition coefficient (Wildman–Crippen LogP) is 1.96. The standard InChI is InChI=1S/C8HF17O3S.K.H/c9-1(10,3(13,14)5(17,18)7(21,22)23)2(11,12)4(15,16)6(19,20)8(24,25)29(26,27)28;;/h(H,26,27,28);;/q;+1;-1. The molecule has 0 aliphatic heterocycles. The van der Waals surface area contributed by atoms with Crippen LogP contribution in [0, 0.1) is 0 Å². The molecule has 0 aliphatic rings. The fourth-order valence-electron chi connectivity index (χ4n) is 1.31. The minimum atomic E-state index is -8.89. The van der Waals surface area contributed by atoms with Crippen molar-refractivity contribution in [2.24, 2.45) is 0 Å². The Labute approximate surface area is 196 Å². The van der Waals surface area contributed by atoms with E-state index in [0.717, 1.165) is 0 Å². The molecule has 0 fully saturated rings. The Kier molecular flexibility index (Phi) is 8.66. The summed E-state index contributed by atoms with van der Waals surface area (Å²) in [5, 5.41) is -7.84. The Morgan fingerprint density at radius 3 is 0.867 bits per heavy atom. The van der Waals surface area contributed by atoms with Crippen molar-refractivity contribution in [3.05, 3.63) is 0 Å². The van der Waals surface area contributed by atoms with Gasteiger partial charge in [0.2, 0.25) is 0 Å². The van der Waals surface area contributed by atoms with Crippen molar-refractivity contribution in [1.82, 2.24) is 0 Å². The van der Waals surface area contributed by atoms with Gasteiger partial charge in [-0.05, 0) is 0 Å². The smallest absolute Gasteiger partial charge is 1.00 e. The van der Waals surface area contributed by atoms with Crippen LogP contribution in [-0.4, -0.2) is 59.9 Å². The Morgan fingerprint density at radius 2 is 0.667 bits per heavy atom. The first-order valence-electron chi connectivity index (χ1n) is 5.68. The van der Waals surface area contributed by atoms with Crippen molar-refractivity contribution >= 4 is 10.1 Å².